The second-order valence-electron chi connectivity index (χ2n) is 5.02. The molecular weight excluding hydrogens is 244 g/mol. The molecule has 0 bridgehead atoms. The molecule has 0 aromatic heterocycles. The molecule has 1 fully saturated rings. The summed E-state index contributed by atoms with van der Waals surface area (Å²) in [7, 11) is 0. The first-order chi connectivity index (χ1) is 9.10. The molecule has 1 aromatic rings. The van der Waals surface area contributed by atoms with Gasteiger partial charge < -0.3 is 9.84 Å². The van der Waals surface area contributed by atoms with Crippen LogP contribution in [0.15, 0.2) is 18.2 Å². The van der Waals surface area contributed by atoms with Crippen LogP contribution in [0.5, 0.6) is 5.75 Å². The number of hydrogen-bond acceptors (Lipinski definition) is 4. The number of ether oxygens (including phenoxy) is 1. The Morgan fingerprint density at radius 2 is 2.00 bits per heavy atom. The van der Waals surface area contributed by atoms with Crippen LogP contribution in [0.2, 0.25) is 0 Å². The van der Waals surface area contributed by atoms with Gasteiger partial charge in [0.05, 0.1) is 5.56 Å². The predicted molar refractivity (Wildman–Crippen MR) is 70.3 cm³/mol. The van der Waals surface area contributed by atoms with E-state index in [1.54, 1.807) is 12.1 Å². The van der Waals surface area contributed by atoms with Crippen LogP contribution in [0.25, 0.3) is 0 Å². The standard InChI is InChI=1S/C15H18O4/c1-10(17)19-14-5-2-11(3-6-14)12-4-7-15(18)13(8-12)9-16/h4,7-9,11,14,18H,2-3,5-6H2,1H3. The number of esters is 1. The van der Waals surface area contributed by atoms with Gasteiger partial charge in [0.15, 0.2) is 6.29 Å². The third kappa shape index (κ3) is 3.34. The summed E-state index contributed by atoms with van der Waals surface area (Å²) >= 11 is 0. The number of rotatable bonds is 3. The van der Waals surface area contributed by atoms with Gasteiger partial charge in [0.1, 0.15) is 11.9 Å². The average Bonchev–Trinajstić information content (AvgIpc) is 2.40. The normalized spacial score (nSPS) is 22.8. The van der Waals surface area contributed by atoms with Crippen LogP contribution < -0.4 is 0 Å². The lowest BCUT2D eigenvalue weighted by Crippen LogP contribution is -2.22. The van der Waals surface area contributed by atoms with E-state index in [-0.39, 0.29) is 17.8 Å². The van der Waals surface area contributed by atoms with E-state index in [4.69, 9.17) is 4.74 Å². The Morgan fingerprint density at radius 3 is 2.58 bits per heavy atom. The number of hydrogen-bond donors (Lipinski definition) is 1. The predicted octanol–water partition coefficient (Wildman–Crippen LogP) is 2.79. The summed E-state index contributed by atoms with van der Waals surface area (Å²) in [5, 5.41) is 9.49. The van der Waals surface area contributed by atoms with Gasteiger partial charge in [0, 0.05) is 6.92 Å². The Hall–Kier alpha value is -1.84. The summed E-state index contributed by atoms with van der Waals surface area (Å²) in [6.45, 7) is 1.43. The Kier molecular flexibility index (Phi) is 4.20. The Bertz CT molecular complexity index is 473. The van der Waals surface area contributed by atoms with Gasteiger partial charge in [-0.05, 0) is 49.3 Å². The van der Waals surface area contributed by atoms with Crippen LogP contribution in [0, 0.1) is 0 Å². The van der Waals surface area contributed by atoms with Crippen molar-refractivity contribution in [2.24, 2.45) is 0 Å². The van der Waals surface area contributed by atoms with Crippen LogP contribution in [0.1, 0.15) is 54.4 Å². The van der Waals surface area contributed by atoms with Crippen molar-refractivity contribution in [2.75, 3.05) is 0 Å². The number of carbonyl (C=O) groups excluding carboxylic acids is 2. The lowest BCUT2D eigenvalue weighted by atomic mass is 9.82. The van der Waals surface area contributed by atoms with E-state index in [0.29, 0.717) is 17.8 Å². The van der Waals surface area contributed by atoms with E-state index in [0.717, 1.165) is 31.2 Å². The third-order valence-corrected chi connectivity index (χ3v) is 3.66. The number of aldehydes is 1. The van der Waals surface area contributed by atoms with E-state index in [9.17, 15) is 14.7 Å². The minimum absolute atomic E-state index is 0.0207. The number of phenols is 1. The van der Waals surface area contributed by atoms with Crippen molar-refractivity contribution in [1.82, 2.24) is 0 Å². The lowest BCUT2D eigenvalue weighted by molar-refractivity contribution is -0.147. The van der Waals surface area contributed by atoms with Crippen molar-refractivity contribution in [3.8, 4) is 5.75 Å². The molecule has 0 heterocycles. The van der Waals surface area contributed by atoms with Gasteiger partial charge in [0.2, 0.25) is 0 Å². The van der Waals surface area contributed by atoms with E-state index in [1.807, 2.05) is 6.07 Å². The fraction of sp³-hybridized carbons (Fsp3) is 0.467. The van der Waals surface area contributed by atoms with Gasteiger partial charge >= 0.3 is 5.97 Å². The molecule has 2 rings (SSSR count). The fourth-order valence-electron chi connectivity index (χ4n) is 2.67. The van der Waals surface area contributed by atoms with Gasteiger partial charge in [-0.25, -0.2) is 0 Å². The molecule has 4 nitrogen and oxygen atoms in total. The van der Waals surface area contributed by atoms with Crippen LogP contribution >= 0.6 is 0 Å². The number of phenolic OH excluding ortho intramolecular Hbond substituents is 1. The van der Waals surface area contributed by atoms with Crippen LogP contribution in [0.4, 0.5) is 0 Å². The number of carbonyl (C=O) groups is 2. The molecule has 0 saturated heterocycles. The maximum absolute atomic E-state index is 10.9. The number of aromatic hydroxyl groups is 1. The second-order valence-corrected chi connectivity index (χ2v) is 5.02. The molecule has 0 radical (unpaired) electrons. The van der Waals surface area contributed by atoms with Crippen molar-refractivity contribution >= 4 is 12.3 Å². The quantitative estimate of drug-likeness (QED) is 0.672. The molecule has 0 amide bonds. The summed E-state index contributed by atoms with van der Waals surface area (Å²) in [5.74, 6) is 0.162. The van der Waals surface area contributed by atoms with Crippen molar-refractivity contribution in [2.45, 2.75) is 44.6 Å². The smallest absolute Gasteiger partial charge is 0.302 e. The largest absolute Gasteiger partial charge is 0.507 e. The molecule has 1 aliphatic rings. The van der Waals surface area contributed by atoms with Crippen molar-refractivity contribution < 1.29 is 19.4 Å². The van der Waals surface area contributed by atoms with Crippen molar-refractivity contribution in [3.05, 3.63) is 29.3 Å². The Balaban J connectivity index is 2.01. The van der Waals surface area contributed by atoms with Gasteiger partial charge in [-0.15, -0.1) is 0 Å². The second kappa shape index (κ2) is 5.87. The molecular formula is C15H18O4. The summed E-state index contributed by atoms with van der Waals surface area (Å²) in [6.07, 6.45) is 4.26. The molecule has 0 spiro atoms. The molecule has 0 atom stereocenters. The first kappa shape index (κ1) is 13.6. The van der Waals surface area contributed by atoms with Crippen LogP contribution in [-0.2, 0) is 9.53 Å². The SMILES string of the molecule is CC(=O)OC1CCC(c2ccc(O)c(C=O)c2)CC1. The number of benzene rings is 1. The zero-order valence-electron chi connectivity index (χ0n) is 11.0. The topological polar surface area (TPSA) is 63.6 Å². The third-order valence-electron chi connectivity index (χ3n) is 3.66. The highest BCUT2D eigenvalue weighted by atomic mass is 16.5. The summed E-state index contributed by atoms with van der Waals surface area (Å²) in [6, 6.07) is 5.18. The summed E-state index contributed by atoms with van der Waals surface area (Å²) in [4.78, 5) is 21.7. The summed E-state index contributed by atoms with van der Waals surface area (Å²) in [5.41, 5.74) is 1.40. The minimum atomic E-state index is -0.226. The van der Waals surface area contributed by atoms with Crippen molar-refractivity contribution in [3.63, 3.8) is 0 Å². The van der Waals surface area contributed by atoms with E-state index < -0.39 is 0 Å². The Labute approximate surface area is 112 Å². The minimum Gasteiger partial charge on any atom is -0.507 e. The Morgan fingerprint density at radius 1 is 1.32 bits per heavy atom. The van der Waals surface area contributed by atoms with E-state index in [2.05, 4.69) is 0 Å². The maximum atomic E-state index is 10.9. The van der Waals surface area contributed by atoms with Crippen LogP contribution in [0.3, 0.4) is 0 Å². The van der Waals surface area contributed by atoms with Gasteiger partial charge in [-0.2, -0.15) is 0 Å². The highest BCUT2D eigenvalue weighted by Crippen LogP contribution is 2.35. The van der Waals surface area contributed by atoms with Gasteiger partial charge in [0.25, 0.3) is 0 Å². The van der Waals surface area contributed by atoms with E-state index in [1.165, 1.54) is 6.92 Å². The highest BCUT2D eigenvalue weighted by molar-refractivity contribution is 5.79. The lowest BCUT2D eigenvalue weighted by Gasteiger charge is -2.28. The molecule has 102 valence electrons. The molecule has 1 aliphatic carbocycles. The maximum Gasteiger partial charge on any atom is 0.302 e. The molecule has 1 N–H and O–H groups in total. The molecule has 4 heteroatoms. The highest BCUT2D eigenvalue weighted by Gasteiger charge is 2.24. The summed E-state index contributed by atoms with van der Waals surface area (Å²) < 4.78 is 5.20. The zero-order chi connectivity index (χ0) is 13.8. The fourth-order valence-corrected chi connectivity index (χ4v) is 2.67. The molecule has 1 aromatic carbocycles. The molecule has 0 aliphatic heterocycles. The molecule has 19 heavy (non-hydrogen) atoms. The van der Waals surface area contributed by atoms with Gasteiger partial charge in [-0.3, -0.25) is 9.59 Å². The van der Waals surface area contributed by atoms with E-state index >= 15 is 0 Å². The van der Waals surface area contributed by atoms with Crippen molar-refractivity contribution in [1.29, 1.82) is 0 Å². The molecule has 1 saturated carbocycles. The first-order valence-electron chi connectivity index (χ1n) is 6.55. The monoisotopic (exact) mass is 262 g/mol. The zero-order valence-corrected chi connectivity index (χ0v) is 11.0. The molecule has 0 unspecified atom stereocenters. The first-order valence-corrected chi connectivity index (χ1v) is 6.55. The van der Waals surface area contributed by atoms with Crippen LogP contribution in [-0.4, -0.2) is 23.5 Å². The average molecular weight is 262 g/mol. The van der Waals surface area contributed by atoms with Gasteiger partial charge in [-0.1, -0.05) is 6.07 Å².